The lowest BCUT2D eigenvalue weighted by Gasteiger charge is -2.34. The van der Waals surface area contributed by atoms with E-state index < -0.39 is 0 Å². The molecule has 84 valence electrons. The van der Waals surface area contributed by atoms with Crippen LogP contribution in [0, 0.1) is 0 Å². The highest BCUT2D eigenvalue weighted by atomic mass is 16.2. The first kappa shape index (κ1) is 11.9. The molecule has 0 bridgehead atoms. The predicted octanol–water partition coefficient (Wildman–Crippen LogP) is -0.665. The number of nitrogens with zero attached hydrogens (tertiary/aromatic N) is 2. The molecule has 0 spiro atoms. The molecule has 3 N–H and O–H groups in total. The number of aliphatic hydroxyl groups excluding tert-OH is 1. The Morgan fingerprint density at radius 1 is 0.929 bits per heavy atom. The third-order valence-corrected chi connectivity index (χ3v) is 2.79. The van der Waals surface area contributed by atoms with Crippen LogP contribution in [-0.4, -0.2) is 67.3 Å². The molecule has 4 heteroatoms. The van der Waals surface area contributed by atoms with E-state index in [4.69, 9.17) is 10.8 Å². The third-order valence-electron chi connectivity index (χ3n) is 2.79. The number of hydrogen-bond donors (Lipinski definition) is 2. The summed E-state index contributed by atoms with van der Waals surface area (Å²) in [5, 5.41) is 8.67. The van der Waals surface area contributed by atoms with E-state index in [2.05, 4.69) is 9.80 Å². The monoisotopic (exact) mass is 201 g/mol. The van der Waals surface area contributed by atoms with E-state index in [1.165, 1.54) is 0 Å². The summed E-state index contributed by atoms with van der Waals surface area (Å²) in [5.41, 5.74) is 5.51. The second-order valence-corrected chi connectivity index (χ2v) is 3.90. The molecule has 1 aliphatic rings. The fourth-order valence-corrected chi connectivity index (χ4v) is 1.87. The Kier molecular flexibility index (Phi) is 6.10. The molecule has 0 aliphatic carbocycles. The Labute approximate surface area is 86.7 Å². The summed E-state index contributed by atoms with van der Waals surface area (Å²) >= 11 is 0. The van der Waals surface area contributed by atoms with Gasteiger partial charge >= 0.3 is 0 Å². The number of rotatable bonds is 6. The van der Waals surface area contributed by atoms with Crippen LogP contribution in [0.2, 0.25) is 0 Å². The van der Waals surface area contributed by atoms with Crippen molar-refractivity contribution in [3.8, 4) is 0 Å². The minimum atomic E-state index is 0.327. The molecular formula is C10H23N3O. The maximum Gasteiger partial charge on any atom is 0.0431 e. The summed E-state index contributed by atoms with van der Waals surface area (Å²) in [4.78, 5) is 4.89. The number of nitrogens with two attached hydrogens (primary N) is 1. The SMILES string of the molecule is NCCN1CCN(CCCCO)CC1. The Bertz CT molecular complexity index is 135. The molecule has 14 heavy (non-hydrogen) atoms. The number of hydrogen-bond acceptors (Lipinski definition) is 4. The van der Waals surface area contributed by atoms with Crippen molar-refractivity contribution in [1.29, 1.82) is 0 Å². The molecule has 0 radical (unpaired) electrons. The van der Waals surface area contributed by atoms with Crippen LogP contribution >= 0.6 is 0 Å². The number of unbranched alkanes of at least 4 members (excludes halogenated alkanes) is 1. The van der Waals surface area contributed by atoms with Crippen LogP contribution < -0.4 is 5.73 Å². The quantitative estimate of drug-likeness (QED) is 0.560. The summed E-state index contributed by atoms with van der Waals surface area (Å²) in [6, 6.07) is 0. The fourth-order valence-electron chi connectivity index (χ4n) is 1.87. The van der Waals surface area contributed by atoms with Gasteiger partial charge in [-0.25, -0.2) is 0 Å². The van der Waals surface area contributed by atoms with E-state index in [1.807, 2.05) is 0 Å². The number of piperazine rings is 1. The average molecular weight is 201 g/mol. The van der Waals surface area contributed by atoms with Crippen molar-refractivity contribution in [3.05, 3.63) is 0 Å². The Balaban J connectivity index is 2.03. The summed E-state index contributed by atoms with van der Waals surface area (Å²) in [7, 11) is 0. The maximum atomic E-state index is 8.67. The smallest absolute Gasteiger partial charge is 0.0431 e. The first-order valence-corrected chi connectivity index (χ1v) is 5.62. The van der Waals surface area contributed by atoms with E-state index in [0.29, 0.717) is 6.61 Å². The number of aliphatic hydroxyl groups is 1. The fraction of sp³-hybridized carbons (Fsp3) is 1.00. The zero-order valence-corrected chi connectivity index (χ0v) is 8.99. The van der Waals surface area contributed by atoms with Gasteiger partial charge in [-0.3, -0.25) is 4.90 Å². The van der Waals surface area contributed by atoms with Crippen LogP contribution in [0.4, 0.5) is 0 Å². The van der Waals surface area contributed by atoms with Gasteiger partial charge in [0.2, 0.25) is 0 Å². The second kappa shape index (κ2) is 7.17. The molecule has 0 aromatic rings. The molecular weight excluding hydrogens is 178 g/mol. The van der Waals surface area contributed by atoms with Gasteiger partial charge in [-0.2, -0.15) is 0 Å². The molecule has 0 atom stereocenters. The minimum Gasteiger partial charge on any atom is -0.396 e. The van der Waals surface area contributed by atoms with Gasteiger partial charge < -0.3 is 15.7 Å². The Morgan fingerprint density at radius 3 is 2.00 bits per heavy atom. The van der Waals surface area contributed by atoms with E-state index in [1.54, 1.807) is 0 Å². The highest BCUT2D eigenvalue weighted by Crippen LogP contribution is 2.02. The Morgan fingerprint density at radius 2 is 1.50 bits per heavy atom. The van der Waals surface area contributed by atoms with Crippen molar-refractivity contribution >= 4 is 0 Å². The molecule has 0 aromatic carbocycles. The van der Waals surface area contributed by atoms with Crippen LogP contribution in [0.1, 0.15) is 12.8 Å². The van der Waals surface area contributed by atoms with Gasteiger partial charge in [0.05, 0.1) is 0 Å². The largest absolute Gasteiger partial charge is 0.396 e. The molecule has 0 unspecified atom stereocenters. The molecule has 1 rings (SSSR count). The summed E-state index contributed by atoms with van der Waals surface area (Å²) in [5.74, 6) is 0. The predicted molar refractivity (Wildman–Crippen MR) is 58.3 cm³/mol. The van der Waals surface area contributed by atoms with Crippen LogP contribution in [-0.2, 0) is 0 Å². The topological polar surface area (TPSA) is 52.7 Å². The van der Waals surface area contributed by atoms with Gasteiger partial charge in [0.25, 0.3) is 0 Å². The van der Waals surface area contributed by atoms with Crippen molar-refractivity contribution in [2.45, 2.75) is 12.8 Å². The molecule has 0 saturated carbocycles. The van der Waals surface area contributed by atoms with E-state index in [-0.39, 0.29) is 0 Å². The van der Waals surface area contributed by atoms with E-state index in [0.717, 1.165) is 58.7 Å². The van der Waals surface area contributed by atoms with Crippen molar-refractivity contribution in [2.75, 3.05) is 52.4 Å². The molecule has 0 amide bonds. The normalized spacial score (nSPS) is 20.1. The lowest BCUT2D eigenvalue weighted by molar-refractivity contribution is 0.131. The average Bonchev–Trinajstić information content (AvgIpc) is 2.21. The van der Waals surface area contributed by atoms with Crippen LogP contribution in [0.15, 0.2) is 0 Å². The summed E-state index contributed by atoms with van der Waals surface area (Å²) < 4.78 is 0. The van der Waals surface area contributed by atoms with Gasteiger partial charge in [-0.1, -0.05) is 0 Å². The summed E-state index contributed by atoms with van der Waals surface area (Å²) in [6.45, 7) is 7.88. The standard InChI is InChI=1S/C10H23N3O/c11-3-5-13-8-6-12(7-9-13)4-1-2-10-14/h14H,1-11H2. The van der Waals surface area contributed by atoms with Crippen LogP contribution in [0.5, 0.6) is 0 Å². The first-order valence-electron chi connectivity index (χ1n) is 5.62. The van der Waals surface area contributed by atoms with Gasteiger partial charge in [-0.15, -0.1) is 0 Å². The van der Waals surface area contributed by atoms with Crippen LogP contribution in [0.3, 0.4) is 0 Å². The zero-order valence-electron chi connectivity index (χ0n) is 8.99. The van der Waals surface area contributed by atoms with E-state index >= 15 is 0 Å². The van der Waals surface area contributed by atoms with Crippen molar-refractivity contribution < 1.29 is 5.11 Å². The van der Waals surface area contributed by atoms with Gasteiger partial charge in [0.15, 0.2) is 0 Å². The molecule has 4 nitrogen and oxygen atoms in total. The van der Waals surface area contributed by atoms with Crippen molar-refractivity contribution in [2.24, 2.45) is 5.73 Å². The highest BCUT2D eigenvalue weighted by Gasteiger charge is 2.14. The molecule has 1 fully saturated rings. The second-order valence-electron chi connectivity index (χ2n) is 3.90. The zero-order chi connectivity index (χ0) is 10.2. The maximum absolute atomic E-state index is 8.67. The van der Waals surface area contributed by atoms with Gasteiger partial charge in [-0.05, 0) is 19.4 Å². The molecule has 1 heterocycles. The molecule has 0 aromatic heterocycles. The lowest BCUT2D eigenvalue weighted by Crippen LogP contribution is -2.47. The third kappa shape index (κ3) is 4.37. The highest BCUT2D eigenvalue weighted by molar-refractivity contribution is 4.71. The molecule has 1 aliphatic heterocycles. The van der Waals surface area contributed by atoms with Crippen LogP contribution in [0.25, 0.3) is 0 Å². The van der Waals surface area contributed by atoms with Crippen molar-refractivity contribution in [1.82, 2.24) is 9.80 Å². The van der Waals surface area contributed by atoms with Gasteiger partial charge in [0, 0.05) is 45.9 Å². The lowest BCUT2D eigenvalue weighted by atomic mass is 10.2. The van der Waals surface area contributed by atoms with Crippen molar-refractivity contribution in [3.63, 3.8) is 0 Å². The molecule has 1 saturated heterocycles. The Hall–Kier alpha value is -0.160. The van der Waals surface area contributed by atoms with E-state index in [9.17, 15) is 0 Å². The summed E-state index contributed by atoms with van der Waals surface area (Å²) in [6.07, 6.45) is 2.05. The first-order chi connectivity index (χ1) is 6.86. The van der Waals surface area contributed by atoms with Gasteiger partial charge in [0.1, 0.15) is 0 Å². The minimum absolute atomic E-state index is 0.327.